The van der Waals surface area contributed by atoms with Crippen molar-refractivity contribution in [1.82, 2.24) is 5.32 Å². The van der Waals surface area contributed by atoms with Crippen LogP contribution in [-0.2, 0) is 4.74 Å². The van der Waals surface area contributed by atoms with E-state index in [2.05, 4.69) is 5.32 Å². The molecule has 130 valence electrons. The van der Waals surface area contributed by atoms with Crippen LogP contribution in [0.5, 0.6) is 0 Å². The molecule has 5 atom stereocenters. The monoisotopic (exact) mass is 337 g/mol. The normalized spacial score (nSPS) is 30.5. The minimum Gasteiger partial charge on any atom is -0.451 e. The lowest BCUT2D eigenvalue weighted by molar-refractivity contribution is -0.252. The third kappa shape index (κ3) is 2.79. The average molecular weight is 337 g/mol. The molecule has 5 N–H and O–H groups in total. The van der Waals surface area contributed by atoms with Crippen LogP contribution in [0.4, 0.5) is 0 Å². The first-order valence-electron chi connectivity index (χ1n) is 7.53. The van der Waals surface area contributed by atoms with Gasteiger partial charge in [0.15, 0.2) is 12.1 Å². The number of carbonyl (C=O) groups is 1. The minimum atomic E-state index is -1.57. The van der Waals surface area contributed by atoms with Gasteiger partial charge in [0.05, 0.1) is 6.61 Å². The van der Waals surface area contributed by atoms with Gasteiger partial charge in [0.2, 0.25) is 0 Å². The van der Waals surface area contributed by atoms with Crippen LogP contribution in [0.15, 0.2) is 28.7 Å². The second-order valence-corrected chi connectivity index (χ2v) is 5.78. The first kappa shape index (κ1) is 16.9. The van der Waals surface area contributed by atoms with E-state index in [0.717, 1.165) is 5.39 Å². The minimum absolute atomic E-state index is 0.0503. The van der Waals surface area contributed by atoms with Crippen LogP contribution < -0.4 is 5.32 Å². The van der Waals surface area contributed by atoms with Gasteiger partial charge >= 0.3 is 0 Å². The van der Waals surface area contributed by atoms with E-state index in [1.54, 1.807) is 19.1 Å². The molecule has 1 aromatic heterocycles. The molecule has 1 amide bonds. The van der Waals surface area contributed by atoms with Gasteiger partial charge in [-0.15, -0.1) is 0 Å². The Morgan fingerprint density at radius 1 is 1.21 bits per heavy atom. The first-order valence-corrected chi connectivity index (χ1v) is 7.53. The van der Waals surface area contributed by atoms with Gasteiger partial charge in [-0.3, -0.25) is 4.79 Å². The number of rotatable bonds is 3. The molecule has 1 saturated heterocycles. The SMILES string of the molecule is Cc1c(C(=O)NC2C(O)O[C@H](CO)C(O)[C@@H]2O)oc2ccccc12. The van der Waals surface area contributed by atoms with E-state index in [0.29, 0.717) is 11.1 Å². The zero-order valence-corrected chi connectivity index (χ0v) is 12.9. The largest absolute Gasteiger partial charge is 0.451 e. The Hall–Kier alpha value is -1.97. The number of aryl methyl sites for hydroxylation is 1. The molecule has 1 aliphatic rings. The zero-order valence-electron chi connectivity index (χ0n) is 12.9. The topological polar surface area (TPSA) is 132 Å². The molecular weight excluding hydrogens is 318 g/mol. The van der Waals surface area contributed by atoms with E-state index < -0.39 is 43.2 Å². The third-order valence-corrected chi connectivity index (χ3v) is 4.25. The number of benzene rings is 1. The Labute approximate surface area is 137 Å². The Morgan fingerprint density at radius 3 is 2.58 bits per heavy atom. The number of aliphatic hydroxyl groups excluding tert-OH is 4. The third-order valence-electron chi connectivity index (χ3n) is 4.25. The van der Waals surface area contributed by atoms with E-state index >= 15 is 0 Å². The van der Waals surface area contributed by atoms with E-state index in [4.69, 9.17) is 14.3 Å². The van der Waals surface area contributed by atoms with Gasteiger partial charge < -0.3 is 34.9 Å². The number of hydrogen-bond acceptors (Lipinski definition) is 7. The Kier molecular flexibility index (Phi) is 4.57. The summed E-state index contributed by atoms with van der Waals surface area (Å²) < 4.78 is 10.5. The number of amides is 1. The summed E-state index contributed by atoms with van der Waals surface area (Å²) in [7, 11) is 0. The van der Waals surface area contributed by atoms with Crippen molar-refractivity contribution in [3.05, 3.63) is 35.6 Å². The van der Waals surface area contributed by atoms with Crippen molar-refractivity contribution >= 4 is 16.9 Å². The Bertz CT molecular complexity index is 743. The Morgan fingerprint density at radius 2 is 1.92 bits per heavy atom. The van der Waals surface area contributed by atoms with Crippen molar-refractivity contribution in [1.29, 1.82) is 0 Å². The van der Waals surface area contributed by atoms with Crippen molar-refractivity contribution in [3.63, 3.8) is 0 Å². The molecule has 8 nitrogen and oxygen atoms in total. The number of carbonyl (C=O) groups excluding carboxylic acids is 1. The standard InChI is InChI=1S/C16H19NO7/c1-7-8-4-2-3-5-9(8)23-14(7)15(21)17-11-13(20)12(19)10(6-18)24-16(11)22/h2-5,10-13,16,18-20,22H,6H2,1H3,(H,17,21)/t10-,11?,12?,13-,16?/m1/s1. The van der Waals surface area contributed by atoms with Gasteiger partial charge in [0.1, 0.15) is 29.9 Å². The summed E-state index contributed by atoms with van der Waals surface area (Å²) in [5.41, 5.74) is 1.17. The summed E-state index contributed by atoms with van der Waals surface area (Å²) in [4.78, 5) is 12.4. The van der Waals surface area contributed by atoms with Crippen molar-refractivity contribution in [2.45, 2.75) is 37.6 Å². The molecule has 1 aromatic carbocycles. The average Bonchev–Trinajstić information content (AvgIpc) is 2.92. The van der Waals surface area contributed by atoms with Gasteiger partial charge in [0.25, 0.3) is 5.91 Å². The summed E-state index contributed by atoms with van der Waals surface area (Å²) in [5, 5.41) is 42.1. The number of aliphatic hydroxyl groups is 4. The molecule has 2 heterocycles. The highest BCUT2D eigenvalue weighted by Crippen LogP contribution is 2.26. The second kappa shape index (κ2) is 6.50. The summed E-state index contributed by atoms with van der Waals surface area (Å²) in [6.07, 6.45) is -5.65. The van der Waals surface area contributed by atoms with E-state index in [1.165, 1.54) is 0 Å². The van der Waals surface area contributed by atoms with Crippen molar-refractivity contribution in [3.8, 4) is 0 Å². The quantitative estimate of drug-likeness (QED) is 0.499. The number of nitrogens with one attached hydrogen (secondary N) is 1. The lowest BCUT2D eigenvalue weighted by atomic mass is 9.97. The van der Waals surface area contributed by atoms with Gasteiger partial charge in [-0.2, -0.15) is 0 Å². The summed E-state index contributed by atoms with van der Waals surface area (Å²) in [6, 6.07) is 5.88. The van der Waals surface area contributed by atoms with Crippen LogP contribution in [0.25, 0.3) is 11.0 Å². The molecular formula is C16H19NO7. The molecule has 24 heavy (non-hydrogen) atoms. The molecule has 1 fully saturated rings. The number of ether oxygens (including phenoxy) is 1. The van der Waals surface area contributed by atoms with E-state index in [-0.39, 0.29) is 5.76 Å². The van der Waals surface area contributed by atoms with Crippen LogP contribution >= 0.6 is 0 Å². The lowest BCUT2D eigenvalue weighted by Crippen LogP contribution is -2.64. The molecule has 0 spiro atoms. The number of para-hydroxylation sites is 1. The van der Waals surface area contributed by atoms with Gasteiger partial charge in [-0.1, -0.05) is 18.2 Å². The van der Waals surface area contributed by atoms with Crippen LogP contribution in [-0.4, -0.2) is 63.6 Å². The van der Waals surface area contributed by atoms with Crippen molar-refractivity contribution in [2.75, 3.05) is 6.61 Å². The summed E-state index contributed by atoms with van der Waals surface area (Å²) in [5.74, 6) is -0.598. The fourth-order valence-electron chi connectivity index (χ4n) is 2.86. The molecule has 0 radical (unpaired) electrons. The number of furan rings is 1. The van der Waals surface area contributed by atoms with E-state index in [1.807, 2.05) is 12.1 Å². The molecule has 1 aliphatic heterocycles. The maximum absolute atomic E-state index is 12.4. The number of fused-ring (bicyclic) bond motifs is 1. The highest BCUT2D eigenvalue weighted by molar-refractivity contribution is 5.99. The molecule has 3 rings (SSSR count). The zero-order chi connectivity index (χ0) is 17.4. The van der Waals surface area contributed by atoms with Crippen LogP contribution in [0, 0.1) is 6.92 Å². The highest BCUT2D eigenvalue weighted by atomic mass is 16.6. The lowest BCUT2D eigenvalue weighted by Gasteiger charge is -2.40. The molecule has 0 bridgehead atoms. The van der Waals surface area contributed by atoms with Gasteiger partial charge in [0, 0.05) is 10.9 Å². The van der Waals surface area contributed by atoms with Gasteiger partial charge in [-0.05, 0) is 13.0 Å². The van der Waals surface area contributed by atoms with Crippen molar-refractivity contribution < 1.29 is 34.4 Å². The van der Waals surface area contributed by atoms with Crippen LogP contribution in [0.2, 0.25) is 0 Å². The second-order valence-electron chi connectivity index (χ2n) is 5.78. The van der Waals surface area contributed by atoms with Crippen LogP contribution in [0.3, 0.4) is 0 Å². The maximum Gasteiger partial charge on any atom is 0.287 e. The summed E-state index contributed by atoms with van der Waals surface area (Å²) in [6.45, 7) is 1.15. The van der Waals surface area contributed by atoms with Gasteiger partial charge in [-0.25, -0.2) is 0 Å². The fourth-order valence-corrected chi connectivity index (χ4v) is 2.86. The predicted octanol–water partition coefficient (Wildman–Crippen LogP) is -0.729. The van der Waals surface area contributed by atoms with Crippen molar-refractivity contribution in [2.24, 2.45) is 0 Å². The maximum atomic E-state index is 12.4. The van der Waals surface area contributed by atoms with E-state index in [9.17, 15) is 20.1 Å². The smallest absolute Gasteiger partial charge is 0.287 e. The highest BCUT2D eigenvalue weighted by Gasteiger charge is 2.44. The number of hydrogen-bond donors (Lipinski definition) is 5. The molecule has 8 heteroatoms. The fraction of sp³-hybridized carbons (Fsp3) is 0.438. The molecule has 3 unspecified atom stereocenters. The molecule has 0 aliphatic carbocycles. The Balaban J connectivity index is 1.82. The van der Waals surface area contributed by atoms with Crippen LogP contribution in [0.1, 0.15) is 16.1 Å². The molecule has 0 saturated carbocycles. The first-order chi connectivity index (χ1) is 11.4. The molecule has 2 aromatic rings. The summed E-state index contributed by atoms with van der Waals surface area (Å²) >= 11 is 0. The predicted molar refractivity (Wildman–Crippen MR) is 82.2 cm³/mol.